The van der Waals surface area contributed by atoms with Gasteiger partial charge in [-0.2, -0.15) is 5.26 Å². The summed E-state index contributed by atoms with van der Waals surface area (Å²) in [5, 5.41) is 12.0. The van der Waals surface area contributed by atoms with E-state index in [2.05, 4.69) is 11.4 Å². The molecule has 0 bridgehead atoms. The number of rotatable bonds is 3. The quantitative estimate of drug-likeness (QED) is 0.772. The van der Waals surface area contributed by atoms with Crippen LogP contribution in [-0.2, 0) is 0 Å². The summed E-state index contributed by atoms with van der Waals surface area (Å²) in [6.45, 7) is 3.71. The van der Waals surface area contributed by atoms with E-state index < -0.39 is 5.54 Å². The number of benzene rings is 1. The van der Waals surface area contributed by atoms with Crippen molar-refractivity contribution >= 4 is 17.4 Å². The van der Waals surface area contributed by atoms with Crippen LogP contribution in [0.25, 0.3) is 0 Å². The molecule has 0 radical (unpaired) electrons. The zero-order chi connectivity index (χ0) is 10.6. The molecule has 0 saturated heterocycles. The van der Waals surface area contributed by atoms with Gasteiger partial charge in [0.05, 0.1) is 6.07 Å². The minimum absolute atomic E-state index is 0.513. The summed E-state index contributed by atoms with van der Waals surface area (Å²) in [7, 11) is 0. The Morgan fingerprint density at radius 3 is 2.29 bits per heavy atom. The fourth-order valence-electron chi connectivity index (χ4n) is 1.06. The molecule has 3 heteroatoms. The first-order chi connectivity index (χ1) is 6.57. The average molecular weight is 206 g/mol. The minimum Gasteiger partial charge on any atom is -0.368 e. The van der Waals surface area contributed by atoms with Gasteiger partial charge in [-0.1, -0.05) is 0 Å². The maximum absolute atomic E-state index is 8.84. The van der Waals surface area contributed by atoms with Crippen molar-refractivity contribution in [3.05, 3.63) is 24.3 Å². The third-order valence-corrected chi connectivity index (χ3v) is 2.57. The molecule has 0 amide bonds. The van der Waals surface area contributed by atoms with E-state index in [-0.39, 0.29) is 0 Å². The van der Waals surface area contributed by atoms with E-state index in [1.54, 1.807) is 11.8 Å². The molecule has 2 nitrogen and oxygen atoms in total. The van der Waals surface area contributed by atoms with Crippen LogP contribution < -0.4 is 5.32 Å². The van der Waals surface area contributed by atoms with Crippen molar-refractivity contribution in [1.82, 2.24) is 0 Å². The highest BCUT2D eigenvalue weighted by Crippen LogP contribution is 2.19. The molecule has 0 saturated carbocycles. The highest BCUT2D eigenvalue weighted by atomic mass is 32.2. The van der Waals surface area contributed by atoms with Crippen LogP contribution in [-0.4, -0.2) is 11.8 Å². The molecule has 1 rings (SSSR count). The van der Waals surface area contributed by atoms with E-state index in [1.165, 1.54) is 4.90 Å². The monoisotopic (exact) mass is 206 g/mol. The molecule has 0 aromatic heterocycles. The summed E-state index contributed by atoms with van der Waals surface area (Å²) >= 11 is 1.71. The summed E-state index contributed by atoms with van der Waals surface area (Å²) in [6, 6.07) is 10.3. The van der Waals surface area contributed by atoms with Gasteiger partial charge in [0.25, 0.3) is 0 Å². The highest BCUT2D eigenvalue weighted by molar-refractivity contribution is 7.98. The Morgan fingerprint density at radius 2 is 1.86 bits per heavy atom. The van der Waals surface area contributed by atoms with Crippen molar-refractivity contribution < 1.29 is 0 Å². The SMILES string of the molecule is CSc1ccc(NC(C)(C)C#N)cc1. The molecule has 0 aliphatic heterocycles. The molecule has 0 fully saturated rings. The highest BCUT2D eigenvalue weighted by Gasteiger charge is 2.14. The van der Waals surface area contributed by atoms with Crippen LogP contribution in [0.1, 0.15) is 13.8 Å². The van der Waals surface area contributed by atoms with E-state index in [4.69, 9.17) is 5.26 Å². The average Bonchev–Trinajstić information content (AvgIpc) is 2.19. The van der Waals surface area contributed by atoms with Crippen LogP contribution in [0.4, 0.5) is 5.69 Å². The van der Waals surface area contributed by atoms with Crippen LogP contribution in [0.2, 0.25) is 0 Å². The maximum atomic E-state index is 8.84. The summed E-state index contributed by atoms with van der Waals surface area (Å²) in [4.78, 5) is 1.23. The van der Waals surface area contributed by atoms with Gasteiger partial charge in [0.15, 0.2) is 0 Å². The molecule has 14 heavy (non-hydrogen) atoms. The van der Waals surface area contributed by atoms with E-state index in [1.807, 2.05) is 44.4 Å². The van der Waals surface area contributed by atoms with E-state index in [0.717, 1.165) is 5.69 Å². The van der Waals surface area contributed by atoms with Crippen molar-refractivity contribution in [2.24, 2.45) is 0 Å². The van der Waals surface area contributed by atoms with E-state index in [0.29, 0.717) is 0 Å². The first-order valence-electron chi connectivity index (χ1n) is 4.41. The number of thioether (sulfide) groups is 1. The first kappa shape index (κ1) is 10.9. The molecule has 74 valence electrons. The molecule has 1 aromatic carbocycles. The Labute approximate surface area is 89.3 Å². The zero-order valence-corrected chi connectivity index (χ0v) is 9.48. The predicted molar refractivity (Wildman–Crippen MR) is 61.5 cm³/mol. The topological polar surface area (TPSA) is 35.8 Å². The molecule has 0 aliphatic rings. The third kappa shape index (κ3) is 2.97. The normalized spacial score (nSPS) is 10.7. The summed E-state index contributed by atoms with van der Waals surface area (Å²) in [6.07, 6.45) is 2.04. The number of nitriles is 1. The lowest BCUT2D eigenvalue weighted by atomic mass is 10.1. The van der Waals surface area contributed by atoms with Gasteiger partial charge in [0, 0.05) is 10.6 Å². The summed E-state index contributed by atoms with van der Waals surface area (Å²) < 4.78 is 0. The van der Waals surface area contributed by atoms with Crippen molar-refractivity contribution in [2.75, 3.05) is 11.6 Å². The Balaban J connectivity index is 2.75. The standard InChI is InChI=1S/C11H14N2S/c1-11(2,8-12)13-9-4-6-10(14-3)7-5-9/h4-7,13H,1-3H3. The molecular weight excluding hydrogens is 192 g/mol. The van der Waals surface area contributed by atoms with Crippen LogP contribution >= 0.6 is 11.8 Å². The molecule has 0 spiro atoms. The van der Waals surface area contributed by atoms with E-state index >= 15 is 0 Å². The predicted octanol–water partition coefficient (Wildman–Crippen LogP) is 3.12. The third-order valence-electron chi connectivity index (χ3n) is 1.83. The van der Waals surface area contributed by atoms with Crippen molar-refractivity contribution in [2.45, 2.75) is 24.3 Å². The van der Waals surface area contributed by atoms with Crippen molar-refractivity contribution in [3.63, 3.8) is 0 Å². The van der Waals surface area contributed by atoms with Gasteiger partial charge in [-0.25, -0.2) is 0 Å². The molecule has 0 aliphatic carbocycles. The number of hydrogen-bond acceptors (Lipinski definition) is 3. The minimum atomic E-state index is -0.513. The molecule has 1 N–H and O–H groups in total. The smallest absolute Gasteiger partial charge is 0.119 e. The number of nitrogens with zero attached hydrogens (tertiary/aromatic N) is 1. The Morgan fingerprint density at radius 1 is 1.29 bits per heavy atom. The Bertz CT molecular complexity index is 335. The fraction of sp³-hybridized carbons (Fsp3) is 0.364. The lowest BCUT2D eigenvalue weighted by Gasteiger charge is -2.18. The summed E-state index contributed by atoms with van der Waals surface area (Å²) in [5.41, 5.74) is 0.468. The van der Waals surface area contributed by atoms with Crippen LogP contribution in [0.3, 0.4) is 0 Å². The van der Waals surface area contributed by atoms with Crippen LogP contribution in [0, 0.1) is 11.3 Å². The lowest BCUT2D eigenvalue weighted by Crippen LogP contribution is -2.28. The molecule has 0 atom stereocenters. The maximum Gasteiger partial charge on any atom is 0.119 e. The molecule has 0 unspecified atom stereocenters. The van der Waals surface area contributed by atoms with Crippen LogP contribution in [0.5, 0.6) is 0 Å². The first-order valence-corrected chi connectivity index (χ1v) is 5.63. The van der Waals surface area contributed by atoms with Gasteiger partial charge in [-0.05, 0) is 44.4 Å². The van der Waals surface area contributed by atoms with Crippen molar-refractivity contribution in [3.8, 4) is 6.07 Å². The second kappa shape index (κ2) is 4.39. The fourth-order valence-corrected chi connectivity index (χ4v) is 1.47. The molecular formula is C11H14N2S. The Kier molecular flexibility index (Phi) is 3.43. The van der Waals surface area contributed by atoms with Gasteiger partial charge in [-0.15, -0.1) is 11.8 Å². The largest absolute Gasteiger partial charge is 0.368 e. The number of hydrogen-bond donors (Lipinski definition) is 1. The van der Waals surface area contributed by atoms with Gasteiger partial charge in [-0.3, -0.25) is 0 Å². The van der Waals surface area contributed by atoms with Crippen LogP contribution in [0.15, 0.2) is 29.2 Å². The second-order valence-corrected chi connectivity index (χ2v) is 4.47. The molecule has 0 heterocycles. The molecule has 1 aromatic rings. The number of nitrogens with one attached hydrogen (secondary N) is 1. The summed E-state index contributed by atoms with van der Waals surface area (Å²) in [5.74, 6) is 0. The zero-order valence-electron chi connectivity index (χ0n) is 8.66. The van der Waals surface area contributed by atoms with Gasteiger partial charge in [0.2, 0.25) is 0 Å². The Hall–Kier alpha value is -1.14. The lowest BCUT2D eigenvalue weighted by molar-refractivity contribution is 0.729. The van der Waals surface area contributed by atoms with Crippen molar-refractivity contribution in [1.29, 1.82) is 5.26 Å². The van der Waals surface area contributed by atoms with Gasteiger partial charge >= 0.3 is 0 Å². The second-order valence-electron chi connectivity index (χ2n) is 3.59. The van der Waals surface area contributed by atoms with Gasteiger partial charge < -0.3 is 5.32 Å². The van der Waals surface area contributed by atoms with E-state index in [9.17, 15) is 0 Å². The number of anilines is 1. The van der Waals surface area contributed by atoms with Gasteiger partial charge in [0.1, 0.15) is 5.54 Å².